The number of aromatic nitrogens is 1. The van der Waals surface area contributed by atoms with Crippen molar-refractivity contribution in [2.45, 2.75) is 0 Å². The fourth-order valence-electron chi connectivity index (χ4n) is 1.86. The van der Waals surface area contributed by atoms with Gasteiger partial charge in [0, 0.05) is 16.1 Å². The average molecular weight is 323 g/mol. The number of nitrogens with zero attached hydrogens (tertiary/aromatic N) is 1. The van der Waals surface area contributed by atoms with Crippen LogP contribution in [0, 0.1) is 0 Å². The molecule has 3 nitrogen and oxygen atoms in total. The van der Waals surface area contributed by atoms with Gasteiger partial charge >= 0.3 is 0 Å². The maximum absolute atomic E-state index is 11.3. The molecule has 0 saturated heterocycles. The molecule has 3 aromatic rings. The molecule has 20 heavy (non-hydrogen) atoms. The summed E-state index contributed by atoms with van der Waals surface area (Å²) in [6, 6.07) is 10.4. The lowest BCUT2D eigenvalue weighted by atomic mass is 10.1. The van der Waals surface area contributed by atoms with Gasteiger partial charge in [-0.05, 0) is 36.4 Å². The van der Waals surface area contributed by atoms with Crippen molar-refractivity contribution in [3.05, 3.63) is 52.0 Å². The Balaban J connectivity index is 2.19. The Labute approximate surface area is 129 Å². The van der Waals surface area contributed by atoms with Gasteiger partial charge in [0.25, 0.3) is 0 Å². The highest BCUT2D eigenvalue weighted by Crippen LogP contribution is 2.35. The number of nitrogens with two attached hydrogens (primary N) is 1. The molecule has 0 radical (unpaired) electrons. The van der Waals surface area contributed by atoms with Crippen molar-refractivity contribution < 1.29 is 4.79 Å². The summed E-state index contributed by atoms with van der Waals surface area (Å²) in [6.45, 7) is 0. The number of hydrogen-bond donors (Lipinski definition) is 1. The third-order valence-electron chi connectivity index (χ3n) is 2.83. The van der Waals surface area contributed by atoms with Crippen molar-refractivity contribution in [1.29, 1.82) is 0 Å². The third kappa shape index (κ3) is 2.38. The number of thiazole rings is 1. The van der Waals surface area contributed by atoms with Gasteiger partial charge in [0.2, 0.25) is 5.91 Å². The first kappa shape index (κ1) is 13.4. The molecule has 6 heteroatoms. The lowest BCUT2D eigenvalue weighted by Crippen LogP contribution is -2.10. The summed E-state index contributed by atoms with van der Waals surface area (Å²) in [5.74, 6) is -0.493. The second kappa shape index (κ2) is 5.05. The summed E-state index contributed by atoms with van der Waals surface area (Å²) in [5.41, 5.74) is 7.19. The number of benzene rings is 2. The first-order valence-electron chi connectivity index (χ1n) is 5.70. The van der Waals surface area contributed by atoms with Gasteiger partial charge in [-0.15, -0.1) is 11.3 Å². The number of rotatable bonds is 2. The molecule has 1 amide bonds. The molecule has 2 aromatic carbocycles. The molecule has 1 heterocycles. The molecule has 0 spiro atoms. The van der Waals surface area contributed by atoms with Crippen LogP contribution < -0.4 is 5.73 Å². The van der Waals surface area contributed by atoms with Crippen molar-refractivity contribution in [2.75, 3.05) is 0 Å². The Bertz CT molecular complexity index is 829. The minimum atomic E-state index is -0.493. The average Bonchev–Trinajstić information content (AvgIpc) is 2.81. The standard InChI is InChI=1S/C14H8Cl2N2OS/c15-8-2-4-12-11(6-8)18-14(20-12)9-5-7(13(17)19)1-3-10(9)16/h1-6H,(H2,17,19). The SMILES string of the molecule is NC(=O)c1ccc(Cl)c(-c2nc3cc(Cl)ccc3s2)c1. The summed E-state index contributed by atoms with van der Waals surface area (Å²) in [7, 11) is 0. The maximum Gasteiger partial charge on any atom is 0.248 e. The van der Waals surface area contributed by atoms with Crippen LogP contribution in [-0.4, -0.2) is 10.9 Å². The number of carbonyl (C=O) groups excluding carboxylic acids is 1. The van der Waals surface area contributed by atoms with Gasteiger partial charge in [-0.25, -0.2) is 4.98 Å². The second-order valence-corrected chi connectivity index (χ2v) is 6.06. The molecule has 0 aliphatic rings. The molecule has 0 atom stereocenters. The second-order valence-electron chi connectivity index (χ2n) is 4.19. The number of fused-ring (bicyclic) bond motifs is 1. The summed E-state index contributed by atoms with van der Waals surface area (Å²) in [6.07, 6.45) is 0. The molecule has 0 saturated carbocycles. The van der Waals surface area contributed by atoms with Gasteiger partial charge in [-0.2, -0.15) is 0 Å². The minimum absolute atomic E-state index is 0.404. The molecule has 0 aliphatic carbocycles. The normalized spacial score (nSPS) is 10.9. The Morgan fingerprint density at radius 1 is 1.15 bits per heavy atom. The van der Waals surface area contributed by atoms with Gasteiger partial charge in [0.1, 0.15) is 5.01 Å². The zero-order valence-corrected chi connectivity index (χ0v) is 12.4. The van der Waals surface area contributed by atoms with E-state index in [0.29, 0.717) is 21.2 Å². The Morgan fingerprint density at radius 2 is 1.95 bits per heavy atom. The zero-order valence-electron chi connectivity index (χ0n) is 10.1. The molecule has 0 aliphatic heterocycles. The van der Waals surface area contributed by atoms with E-state index in [4.69, 9.17) is 28.9 Å². The Hall–Kier alpha value is -1.62. The van der Waals surface area contributed by atoms with Crippen LogP contribution in [0.5, 0.6) is 0 Å². The van der Waals surface area contributed by atoms with E-state index in [1.165, 1.54) is 11.3 Å². The monoisotopic (exact) mass is 322 g/mol. The first-order chi connectivity index (χ1) is 9.54. The smallest absolute Gasteiger partial charge is 0.248 e. The van der Waals surface area contributed by atoms with Crippen LogP contribution in [0.25, 0.3) is 20.8 Å². The summed E-state index contributed by atoms with van der Waals surface area (Å²) >= 11 is 13.6. The van der Waals surface area contributed by atoms with E-state index in [2.05, 4.69) is 4.98 Å². The number of hydrogen-bond acceptors (Lipinski definition) is 3. The minimum Gasteiger partial charge on any atom is -0.366 e. The van der Waals surface area contributed by atoms with Gasteiger partial charge in [-0.3, -0.25) is 4.79 Å². The van der Waals surface area contributed by atoms with Crippen LogP contribution in [0.2, 0.25) is 10.0 Å². The van der Waals surface area contributed by atoms with Crippen LogP contribution in [0.4, 0.5) is 0 Å². The molecule has 100 valence electrons. The topological polar surface area (TPSA) is 56.0 Å². The van der Waals surface area contributed by atoms with Gasteiger partial charge in [0.05, 0.1) is 15.2 Å². The van der Waals surface area contributed by atoms with E-state index in [1.807, 2.05) is 12.1 Å². The van der Waals surface area contributed by atoms with Gasteiger partial charge in [-0.1, -0.05) is 23.2 Å². The van der Waals surface area contributed by atoms with E-state index in [0.717, 1.165) is 15.2 Å². The molecule has 2 N–H and O–H groups in total. The van der Waals surface area contributed by atoms with Crippen molar-refractivity contribution in [1.82, 2.24) is 4.98 Å². The van der Waals surface area contributed by atoms with Crippen molar-refractivity contribution in [3.63, 3.8) is 0 Å². The Kier molecular flexibility index (Phi) is 3.38. The van der Waals surface area contributed by atoms with E-state index in [9.17, 15) is 4.79 Å². The van der Waals surface area contributed by atoms with Crippen LogP contribution in [-0.2, 0) is 0 Å². The van der Waals surface area contributed by atoms with Crippen molar-refractivity contribution in [2.24, 2.45) is 5.73 Å². The maximum atomic E-state index is 11.3. The summed E-state index contributed by atoms with van der Waals surface area (Å²) in [4.78, 5) is 15.8. The Morgan fingerprint density at radius 3 is 2.70 bits per heavy atom. The number of halogens is 2. The lowest BCUT2D eigenvalue weighted by molar-refractivity contribution is 0.100. The summed E-state index contributed by atoms with van der Waals surface area (Å²) < 4.78 is 1.00. The van der Waals surface area contributed by atoms with Crippen LogP contribution in [0.3, 0.4) is 0 Å². The third-order valence-corrected chi connectivity index (χ3v) is 4.47. The predicted octanol–water partition coefficient (Wildman–Crippen LogP) is 4.37. The molecule has 0 bridgehead atoms. The molecule has 0 fully saturated rings. The molecule has 0 unspecified atom stereocenters. The highest BCUT2D eigenvalue weighted by Gasteiger charge is 2.12. The molecule has 3 rings (SSSR count). The van der Waals surface area contributed by atoms with E-state index in [-0.39, 0.29) is 0 Å². The zero-order chi connectivity index (χ0) is 14.3. The summed E-state index contributed by atoms with van der Waals surface area (Å²) in [5, 5.41) is 1.89. The highest BCUT2D eigenvalue weighted by atomic mass is 35.5. The molecular formula is C14H8Cl2N2OS. The van der Waals surface area contributed by atoms with E-state index < -0.39 is 5.91 Å². The highest BCUT2D eigenvalue weighted by molar-refractivity contribution is 7.21. The molecular weight excluding hydrogens is 315 g/mol. The van der Waals surface area contributed by atoms with Crippen molar-refractivity contribution in [3.8, 4) is 10.6 Å². The molecule has 1 aromatic heterocycles. The van der Waals surface area contributed by atoms with Gasteiger partial charge in [0.15, 0.2) is 0 Å². The van der Waals surface area contributed by atoms with Crippen molar-refractivity contribution >= 4 is 50.7 Å². The number of primary amides is 1. The number of carbonyl (C=O) groups is 1. The van der Waals surface area contributed by atoms with Crippen LogP contribution in [0.15, 0.2) is 36.4 Å². The number of amides is 1. The van der Waals surface area contributed by atoms with E-state index in [1.54, 1.807) is 24.3 Å². The fourth-order valence-corrected chi connectivity index (χ4v) is 3.26. The van der Waals surface area contributed by atoms with Gasteiger partial charge < -0.3 is 5.73 Å². The predicted molar refractivity (Wildman–Crippen MR) is 83.6 cm³/mol. The van der Waals surface area contributed by atoms with Crippen LogP contribution >= 0.6 is 34.5 Å². The first-order valence-corrected chi connectivity index (χ1v) is 7.27. The fraction of sp³-hybridized carbons (Fsp3) is 0. The quantitative estimate of drug-likeness (QED) is 0.761. The largest absolute Gasteiger partial charge is 0.366 e. The van der Waals surface area contributed by atoms with Crippen LogP contribution in [0.1, 0.15) is 10.4 Å². The lowest BCUT2D eigenvalue weighted by Gasteiger charge is -2.02. The van der Waals surface area contributed by atoms with E-state index >= 15 is 0 Å².